The Labute approximate surface area is 119 Å². The monoisotopic (exact) mass is 276 g/mol. The molecular formula is C15H20N2OS. The summed E-state index contributed by atoms with van der Waals surface area (Å²) in [6.45, 7) is 2.03. The molecule has 0 aliphatic rings. The van der Waals surface area contributed by atoms with Crippen LogP contribution < -0.4 is 11.1 Å². The number of carbonyl (C=O) groups excluding carboxylic acids is 1. The van der Waals surface area contributed by atoms with Crippen LogP contribution in [-0.4, -0.2) is 24.2 Å². The van der Waals surface area contributed by atoms with Crippen LogP contribution in [0.2, 0.25) is 0 Å². The van der Waals surface area contributed by atoms with Crippen molar-refractivity contribution >= 4 is 17.7 Å². The molecule has 0 saturated carbocycles. The van der Waals surface area contributed by atoms with E-state index in [-0.39, 0.29) is 6.04 Å². The molecule has 3 nitrogen and oxygen atoms in total. The maximum Gasteiger partial charge on any atom is 0.235 e. The molecule has 1 aromatic carbocycles. The van der Waals surface area contributed by atoms with Gasteiger partial charge in [0.2, 0.25) is 5.91 Å². The minimum absolute atomic E-state index is 0.138. The highest BCUT2D eigenvalue weighted by Crippen LogP contribution is 2.21. The second-order valence-corrected chi connectivity index (χ2v) is 5.29. The number of thioether (sulfide) groups is 1. The van der Waals surface area contributed by atoms with Crippen LogP contribution in [0.15, 0.2) is 29.2 Å². The van der Waals surface area contributed by atoms with Gasteiger partial charge in [0.25, 0.3) is 0 Å². The topological polar surface area (TPSA) is 55.1 Å². The van der Waals surface area contributed by atoms with Crippen molar-refractivity contribution in [2.45, 2.75) is 36.7 Å². The van der Waals surface area contributed by atoms with Crippen LogP contribution in [0, 0.1) is 12.3 Å². The normalized spacial score (nSPS) is 13.5. The molecule has 0 aliphatic heterocycles. The first-order valence-corrected chi connectivity index (χ1v) is 7.41. The number of benzene rings is 1. The van der Waals surface area contributed by atoms with Crippen molar-refractivity contribution in [2.75, 3.05) is 6.26 Å². The van der Waals surface area contributed by atoms with Gasteiger partial charge in [-0.15, -0.1) is 24.1 Å². The molecule has 0 aromatic heterocycles. The molecule has 3 N–H and O–H groups in total. The summed E-state index contributed by atoms with van der Waals surface area (Å²) in [4.78, 5) is 12.5. The Morgan fingerprint density at radius 3 is 2.79 bits per heavy atom. The molecule has 0 heterocycles. The lowest BCUT2D eigenvalue weighted by Gasteiger charge is -2.20. The van der Waals surface area contributed by atoms with Gasteiger partial charge in [-0.25, -0.2) is 0 Å². The Kier molecular flexibility index (Phi) is 6.48. The summed E-state index contributed by atoms with van der Waals surface area (Å²) in [5.41, 5.74) is 6.58. The van der Waals surface area contributed by atoms with Crippen LogP contribution in [0.3, 0.4) is 0 Å². The molecule has 0 saturated heterocycles. The van der Waals surface area contributed by atoms with Crippen molar-refractivity contribution in [3.8, 4) is 12.3 Å². The minimum Gasteiger partial charge on any atom is -0.368 e. The van der Waals surface area contributed by atoms with Crippen molar-refractivity contribution in [3.63, 3.8) is 0 Å². The fourth-order valence-corrected chi connectivity index (χ4v) is 2.59. The Morgan fingerprint density at radius 1 is 1.53 bits per heavy atom. The lowest BCUT2D eigenvalue weighted by molar-refractivity contribution is -0.120. The lowest BCUT2D eigenvalue weighted by Crippen LogP contribution is -2.46. The molecular weight excluding hydrogens is 256 g/mol. The van der Waals surface area contributed by atoms with Crippen LogP contribution in [0.4, 0.5) is 0 Å². The Hall–Kier alpha value is -1.44. The van der Waals surface area contributed by atoms with E-state index in [9.17, 15) is 4.79 Å². The van der Waals surface area contributed by atoms with Gasteiger partial charge in [0, 0.05) is 17.4 Å². The van der Waals surface area contributed by atoms with Crippen LogP contribution in [0.1, 0.15) is 18.9 Å². The average Bonchev–Trinajstić information content (AvgIpc) is 2.38. The number of primary amides is 1. The fourth-order valence-electron chi connectivity index (χ4n) is 1.96. The van der Waals surface area contributed by atoms with Crippen molar-refractivity contribution in [3.05, 3.63) is 29.8 Å². The average molecular weight is 276 g/mol. The van der Waals surface area contributed by atoms with E-state index < -0.39 is 11.9 Å². The number of rotatable bonds is 7. The summed E-state index contributed by atoms with van der Waals surface area (Å²) in [5.74, 6) is 2.07. The van der Waals surface area contributed by atoms with Gasteiger partial charge in [-0.1, -0.05) is 18.2 Å². The molecule has 0 unspecified atom stereocenters. The highest BCUT2D eigenvalue weighted by molar-refractivity contribution is 7.98. The van der Waals surface area contributed by atoms with Crippen LogP contribution >= 0.6 is 11.8 Å². The zero-order valence-corrected chi connectivity index (χ0v) is 12.2. The van der Waals surface area contributed by atoms with E-state index in [4.69, 9.17) is 12.2 Å². The summed E-state index contributed by atoms with van der Waals surface area (Å²) < 4.78 is 0. The van der Waals surface area contributed by atoms with Crippen LogP contribution in [0.5, 0.6) is 0 Å². The van der Waals surface area contributed by atoms with Gasteiger partial charge in [0.1, 0.15) is 0 Å². The molecule has 0 radical (unpaired) electrons. The van der Waals surface area contributed by atoms with E-state index >= 15 is 0 Å². The molecule has 2 atom stereocenters. The van der Waals surface area contributed by atoms with Crippen molar-refractivity contribution in [1.82, 2.24) is 5.32 Å². The summed E-state index contributed by atoms with van der Waals surface area (Å²) in [7, 11) is 0. The van der Waals surface area contributed by atoms with Crippen molar-refractivity contribution < 1.29 is 4.79 Å². The highest BCUT2D eigenvalue weighted by atomic mass is 32.2. The van der Waals surface area contributed by atoms with Gasteiger partial charge in [-0.05, 0) is 31.2 Å². The zero-order valence-electron chi connectivity index (χ0n) is 11.3. The quantitative estimate of drug-likeness (QED) is 0.590. The van der Waals surface area contributed by atoms with Gasteiger partial charge < -0.3 is 11.1 Å². The van der Waals surface area contributed by atoms with E-state index in [1.54, 1.807) is 11.8 Å². The minimum atomic E-state index is -0.457. The first kappa shape index (κ1) is 15.6. The van der Waals surface area contributed by atoms with E-state index in [0.717, 1.165) is 6.42 Å². The van der Waals surface area contributed by atoms with Crippen LogP contribution in [-0.2, 0) is 11.2 Å². The maximum absolute atomic E-state index is 11.3. The first-order chi connectivity index (χ1) is 9.08. The summed E-state index contributed by atoms with van der Waals surface area (Å²) in [6.07, 6.45) is 8.46. The summed E-state index contributed by atoms with van der Waals surface area (Å²) in [5, 5.41) is 3.19. The van der Waals surface area contributed by atoms with Gasteiger partial charge >= 0.3 is 0 Å². The van der Waals surface area contributed by atoms with Crippen molar-refractivity contribution in [2.24, 2.45) is 5.73 Å². The number of terminal acetylenes is 1. The van der Waals surface area contributed by atoms with Gasteiger partial charge in [0.05, 0.1) is 6.04 Å². The Morgan fingerprint density at radius 2 is 2.21 bits per heavy atom. The molecule has 4 heteroatoms. The summed E-state index contributed by atoms with van der Waals surface area (Å²) in [6, 6.07) is 7.93. The molecule has 1 amide bonds. The van der Waals surface area contributed by atoms with Crippen molar-refractivity contribution in [1.29, 1.82) is 0 Å². The van der Waals surface area contributed by atoms with E-state index in [0.29, 0.717) is 6.42 Å². The smallest absolute Gasteiger partial charge is 0.235 e. The summed E-state index contributed by atoms with van der Waals surface area (Å²) >= 11 is 1.72. The molecule has 0 spiro atoms. The van der Waals surface area contributed by atoms with E-state index in [1.165, 1.54) is 10.5 Å². The molecule has 0 fully saturated rings. The Balaban J connectivity index is 2.66. The molecule has 0 aliphatic carbocycles. The number of nitrogens with one attached hydrogen (secondary N) is 1. The number of hydrogen-bond donors (Lipinski definition) is 2. The SMILES string of the molecule is C#CC[C@H](N[C@H](C)Cc1ccccc1SC)C(N)=O. The van der Waals surface area contributed by atoms with E-state index in [2.05, 4.69) is 29.6 Å². The second-order valence-electron chi connectivity index (χ2n) is 4.45. The van der Waals surface area contributed by atoms with Crippen LogP contribution in [0.25, 0.3) is 0 Å². The zero-order chi connectivity index (χ0) is 14.3. The third kappa shape index (κ3) is 4.98. The highest BCUT2D eigenvalue weighted by Gasteiger charge is 2.17. The third-order valence-electron chi connectivity index (χ3n) is 2.87. The fraction of sp³-hybridized carbons (Fsp3) is 0.400. The molecule has 102 valence electrons. The van der Waals surface area contributed by atoms with Gasteiger partial charge in [-0.2, -0.15) is 0 Å². The second kappa shape index (κ2) is 7.88. The third-order valence-corrected chi connectivity index (χ3v) is 3.71. The van der Waals surface area contributed by atoms with Gasteiger partial charge in [-0.3, -0.25) is 4.79 Å². The molecule has 1 rings (SSSR count). The molecule has 0 bridgehead atoms. The largest absolute Gasteiger partial charge is 0.368 e. The maximum atomic E-state index is 11.3. The molecule has 19 heavy (non-hydrogen) atoms. The number of nitrogens with two attached hydrogens (primary N) is 1. The van der Waals surface area contributed by atoms with E-state index in [1.807, 2.05) is 19.1 Å². The first-order valence-electron chi connectivity index (χ1n) is 6.19. The predicted octanol–water partition coefficient (Wildman–Crippen LogP) is 1.81. The standard InChI is InChI=1S/C15H20N2OS/c1-4-7-13(15(16)18)17-11(2)10-12-8-5-6-9-14(12)19-3/h1,5-6,8-9,11,13,17H,7,10H2,2-3H3,(H2,16,18)/t11-,13+/m1/s1. The number of carbonyl (C=O) groups is 1. The molecule has 1 aromatic rings. The van der Waals surface area contributed by atoms with Gasteiger partial charge in [0.15, 0.2) is 0 Å². The number of hydrogen-bond acceptors (Lipinski definition) is 3. The predicted molar refractivity (Wildman–Crippen MR) is 81.0 cm³/mol. The number of amides is 1. The Bertz CT molecular complexity index is 467. The lowest BCUT2D eigenvalue weighted by atomic mass is 10.1.